The smallest absolute Gasteiger partial charge is 0.120 e. The van der Waals surface area contributed by atoms with Gasteiger partial charge in [0.05, 0.1) is 26.4 Å². The van der Waals surface area contributed by atoms with Crippen molar-refractivity contribution in [2.75, 3.05) is 19.8 Å². The van der Waals surface area contributed by atoms with E-state index in [4.69, 9.17) is 9.47 Å². The lowest BCUT2D eigenvalue weighted by molar-refractivity contribution is -0.107. The number of carbonyl (C=O) groups is 1. The molecule has 0 amide bonds. The molecule has 2 aliphatic rings. The molecular weight excluding hydrogens is 446 g/mol. The summed E-state index contributed by atoms with van der Waals surface area (Å²) in [6.07, 6.45) is 14.9. The van der Waals surface area contributed by atoms with Gasteiger partial charge in [-0.3, -0.25) is 0 Å². The van der Waals surface area contributed by atoms with Crippen LogP contribution in [0.1, 0.15) is 56.1 Å². The first-order valence-electron chi connectivity index (χ1n) is 13.5. The number of benzene rings is 2. The minimum Gasteiger partial charge on any atom is -0.376 e. The molecule has 0 spiro atoms. The summed E-state index contributed by atoms with van der Waals surface area (Å²) in [6, 6.07) is 21.3. The summed E-state index contributed by atoms with van der Waals surface area (Å²) in [5.74, 6) is 0.589. The molecule has 0 radical (unpaired) electrons. The summed E-state index contributed by atoms with van der Waals surface area (Å²) in [6.45, 7) is 3.63. The number of ether oxygens (including phenoxy) is 2. The van der Waals surface area contributed by atoms with Crippen molar-refractivity contribution in [3.05, 3.63) is 95.6 Å². The average Bonchev–Trinajstić information content (AvgIpc) is 2.92. The van der Waals surface area contributed by atoms with Gasteiger partial charge in [0.2, 0.25) is 0 Å². The third kappa shape index (κ3) is 7.73. The Hall–Kier alpha value is -2.53. The first-order valence-corrected chi connectivity index (χ1v) is 13.5. The third-order valence-electron chi connectivity index (χ3n) is 7.69. The van der Waals surface area contributed by atoms with E-state index >= 15 is 0 Å². The van der Waals surface area contributed by atoms with Crippen molar-refractivity contribution in [3.63, 3.8) is 0 Å². The van der Waals surface area contributed by atoms with Gasteiger partial charge in [-0.2, -0.15) is 0 Å². The van der Waals surface area contributed by atoms with Crippen molar-refractivity contribution in [3.8, 4) is 0 Å². The van der Waals surface area contributed by atoms with E-state index in [2.05, 4.69) is 72.1 Å². The highest BCUT2D eigenvalue weighted by Gasteiger charge is 2.46. The Balaban J connectivity index is 1.34. The van der Waals surface area contributed by atoms with Crippen LogP contribution in [0.3, 0.4) is 0 Å². The number of nitrogens with one attached hydrogen (secondary N) is 1. The molecule has 1 N–H and O–H groups in total. The van der Waals surface area contributed by atoms with Gasteiger partial charge in [-0.15, -0.1) is 0 Å². The monoisotopic (exact) mass is 487 g/mol. The van der Waals surface area contributed by atoms with E-state index in [-0.39, 0.29) is 5.41 Å². The van der Waals surface area contributed by atoms with Gasteiger partial charge >= 0.3 is 0 Å². The first-order chi connectivity index (χ1) is 17.8. The lowest BCUT2D eigenvalue weighted by Crippen LogP contribution is -2.58. The van der Waals surface area contributed by atoms with Crippen molar-refractivity contribution in [1.82, 2.24) is 5.32 Å². The molecule has 36 heavy (non-hydrogen) atoms. The minimum absolute atomic E-state index is 0.00985. The molecule has 4 rings (SSSR count). The molecule has 2 fully saturated rings. The highest BCUT2D eigenvalue weighted by atomic mass is 16.5. The zero-order chi connectivity index (χ0) is 24.9. The van der Waals surface area contributed by atoms with E-state index < -0.39 is 0 Å². The number of aldehydes is 1. The second-order valence-electron chi connectivity index (χ2n) is 10.3. The molecule has 4 nitrogen and oxygen atoms in total. The Labute approximate surface area is 216 Å². The number of piperidine rings is 1. The van der Waals surface area contributed by atoms with Crippen LogP contribution in [-0.2, 0) is 27.5 Å². The van der Waals surface area contributed by atoms with E-state index in [9.17, 15) is 4.79 Å². The number of unbranched alkanes of at least 4 members (excludes halogenated alkanes) is 2. The fourth-order valence-electron chi connectivity index (χ4n) is 5.58. The van der Waals surface area contributed by atoms with Crippen LogP contribution in [0.2, 0.25) is 0 Å². The number of rotatable bonds is 14. The Kier molecular flexibility index (Phi) is 10.5. The van der Waals surface area contributed by atoms with Crippen LogP contribution >= 0.6 is 0 Å². The van der Waals surface area contributed by atoms with Gasteiger partial charge in [-0.1, -0.05) is 84.5 Å². The lowest BCUT2D eigenvalue weighted by atomic mass is 9.64. The van der Waals surface area contributed by atoms with Crippen LogP contribution in [0.5, 0.6) is 0 Å². The van der Waals surface area contributed by atoms with Crippen molar-refractivity contribution < 1.29 is 14.3 Å². The Bertz CT molecular complexity index is 924. The molecule has 2 bridgehead atoms. The molecule has 1 aliphatic carbocycles. The summed E-state index contributed by atoms with van der Waals surface area (Å²) >= 11 is 0. The average molecular weight is 488 g/mol. The fraction of sp³-hybridized carbons (Fsp3) is 0.469. The van der Waals surface area contributed by atoms with E-state index in [1.54, 1.807) is 5.57 Å². The Morgan fingerprint density at radius 2 is 1.56 bits per heavy atom. The number of fused-ring (bicyclic) bond motifs is 2. The van der Waals surface area contributed by atoms with Gasteiger partial charge in [-0.25, -0.2) is 0 Å². The van der Waals surface area contributed by atoms with Gasteiger partial charge in [0, 0.05) is 24.4 Å². The zero-order valence-corrected chi connectivity index (χ0v) is 21.4. The van der Waals surface area contributed by atoms with Crippen LogP contribution in [0, 0.1) is 11.3 Å². The second kappa shape index (κ2) is 14.3. The molecule has 4 heteroatoms. The zero-order valence-electron chi connectivity index (χ0n) is 21.4. The second-order valence-corrected chi connectivity index (χ2v) is 10.3. The van der Waals surface area contributed by atoms with Crippen molar-refractivity contribution in [1.29, 1.82) is 0 Å². The van der Waals surface area contributed by atoms with E-state index in [1.807, 2.05) is 12.1 Å². The van der Waals surface area contributed by atoms with Crippen molar-refractivity contribution in [2.45, 2.75) is 64.2 Å². The maximum atomic E-state index is 10.4. The molecule has 2 atom stereocenters. The number of hydrogen-bond donors (Lipinski definition) is 1. The summed E-state index contributed by atoms with van der Waals surface area (Å²) in [4.78, 5) is 10.4. The number of allylic oxidation sites excluding steroid dienone is 3. The lowest BCUT2D eigenvalue weighted by Gasteiger charge is -2.50. The van der Waals surface area contributed by atoms with E-state index in [0.717, 1.165) is 44.9 Å². The predicted molar refractivity (Wildman–Crippen MR) is 146 cm³/mol. The molecule has 0 aromatic heterocycles. The van der Waals surface area contributed by atoms with Gasteiger partial charge in [0.1, 0.15) is 6.29 Å². The molecule has 1 aliphatic heterocycles. The fourth-order valence-corrected chi connectivity index (χ4v) is 5.58. The summed E-state index contributed by atoms with van der Waals surface area (Å²) in [5, 5.41) is 3.87. The largest absolute Gasteiger partial charge is 0.376 e. The van der Waals surface area contributed by atoms with Crippen LogP contribution < -0.4 is 5.32 Å². The molecule has 2 aromatic carbocycles. The van der Waals surface area contributed by atoms with Gasteiger partial charge in [-0.05, 0) is 55.6 Å². The van der Waals surface area contributed by atoms with Crippen LogP contribution in [0.25, 0.3) is 0 Å². The maximum Gasteiger partial charge on any atom is 0.120 e. The van der Waals surface area contributed by atoms with Crippen LogP contribution in [0.15, 0.2) is 84.5 Å². The van der Waals surface area contributed by atoms with Gasteiger partial charge in [0.15, 0.2) is 0 Å². The van der Waals surface area contributed by atoms with Crippen molar-refractivity contribution >= 4 is 6.29 Å². The standard InChI is InChI=1S/C32H41NO3/c34-20-12-4-2-1-3-11-17-29-18-19-30-21-31(29)33-24-32(30,25-35-22-27-13-7-5-8-14-27)26-36-23-28-15-9-6-10-16-28/h1,3,5-10,13-17,20,30-31,33H,2,4,11-12,18-19,21-26H2/b3-1-,29-17-/t30-,31-/m0/s1. The molecule has 192 valence electrons. The SMILES string of the molecule is O=CCCC/C=C\C/C=C1/CC[C@H]2C[C@@H]1NCC2(COCc1ccccc1)COCc1ccccc1. The maximum absolute atomic E-state index is 10.4. The van der Waals surface area contributed by atoms with Gasteiger partial charge in [0.25, 0.3) is 0 Å². The molecular formula is C32H41NO3. The highest BCUT2D eigenvalue weighted by molar-refractivity contribution is 5.49. The topological polar surface area (TPSA) is 47.6 Å². The molecule has 1 saturated heterocycles. The third-order valence-corrected chi connectivity index (χ3v) is 7.69. The summed E-state index contributed by atoms with van der Waals surface area (Å²) in [7, 11) is 0. The molecule has 2 aromatic rings. The predicted octanol–water partition coefficient (Wildman–Crippen LogP) is 6.42. The molecule has 0 unspecified atom stereocenters. The summed E-state index contributed by atoms with van der Waals surface area (Å²) < 4.78 is 12.7. The number of hydrogen-bond acceptors (Lipinski definition) is 4. The van der Waals surface area contributed by atoms with Crippen LogP contribution in [-0.4, -0.2) is 32.1 Å². The Morgan fingerprint density at radius 1 is 0.889 bits per heavy atom. The number of carbonyl (C=O) groups excluding carboxylic acids is 1. The van der Waals surface area contributed by atoms with Crippen molar-refractivity contribution in [2.24, 2.45) is 11.3 Å². The molecule has 1 saturated carbocycles. The normalized spacial score (nSPS) is 22.2. The first kappa shape index (κ1) is 26.5. The quantitative estimate of drug-likeness (QED) is 0.190. The van der Waals surface area contributed by atoms with Gasteiger partial charge < -0.3 is 19.6 Å². The van der Waals surface area contributed by atoms with E-state index in [1.165, 1.54) is 17.5 Å². The van der Waals surface area contributed by atoms with Crippen LogP contribution in [0.4, 0.5) is 0 Å². The summed E-state index contributed by atoms with van der Waals surface area (Å²) in [5.41, 5.74) is 3.97. The Morgan fingerprint density at radius 3 is 2.19 bits per heavy atom. The molecule has 1 heterocycles. The van der Waals surface area contributed by atoms with E-state index in [0.29, 0.717) is 44.8 Å². The highest BCUT2D eigenvalue weighted by Crippen LogP contribution is 2.44. The minimum atomic E-state index is -0.00985.